The van der Waals surface area contributed by atoms with Crippen LogP contribution >= 0.6 is 12.4 Å². The molecule has 2 N–H and O–H groups in total. The second-order valence-corrected chi connectivity index (χ2v) is 5.92. The summed E-state index contributed by atoms with van der Waals surface area (Å²) in [7, 11) is 0. The molecule has 0 radical (unpaired) electrons. The van der Waals surface area contributed by atoms with Gasteiger partial charge in [0, 0.05) is 12.0 Å². The molecule has 1 amide bonds. The summed E-state index contributed by atoms with van der Waals surface area (Å²) in [4.78, 5) is 12.2. The van der Waals surface area contributed by atoms with Gasteiger partial charge in [-0.1, -0.05) is 31.2 Å². The molecule has 0 saturated carbocycles. The summed E-state index contributed by atoms with van der Waals surface area (Å²) in [6.07, 6.45) is 3.14. The van der Waals surface area contributed by atoms with Gasteiger partial charge < -0.3 is 10.6 Å². The molecule has 1 fully saturated rings. The third kappa shape index (κ3) is 3.15. The number of hydrogen-bond donors (Lipinski definition) is 2. The lowest BCUT2D eigenvalue weighted by atomic mass is 9.86. The fourth-order valence-electron chi connectivity index (χ4n) is 3.03. The van der Waals surface area contributed by atoms with E-state index in [0.29, 0.717) is 12.0 Å². The van der Waals surface area contributed by atoms with E-state index in [4.69, 9.17) is 0 Å². The Morgan fingerprint density at radius 1 is 1.30 bits per heavy atom. The molecule has 2 atom stereocenters. The second kappa shape index (κ2) is 6.59. The fourth-order valence-corrected chi connectivity index (χ4v) is 3.03. The van der Waals surface area contributed by atoms with Crippen molar-refractivity contribution < 1.29 is 4.79 Å². The second-order valence-electron chi connectivity index (χ2n) is 5.92. The lowest BCUT2D eigenvalue weighted by Crippen LogP contribution is -2.51. The SMILES string of the molecule is CC(C(=O)NC1CCc2ccccc2C1)C1CNC1.Cl. The fraction of sp³-hybridized carbons (Fsp3) is 0.562. The average molecular weight is 295 g/mol. The number of rotatable bonds is 3. The van der Waals surface area contributed by atoms with Crippen molar-refractivity contribution in [3.05, 3.63) is 35.4 Å². The summed E-state index contributed by atoms with van der Waals surface area (Å²) in [6, 6.07) is 8.90. The zero-order chi connectivity index (χ0) is 13.2. The summed E-state index contributed by atoms with van der Waals surface area (Å²) in [5, 5.41) is 6.48. The van der Waals surface area contributed by atoms with Gasteiger partial charge in [0.1, 0.15) is 0 Å². The molecule has 2 aliphatic rings. The molecular formula is C16H23ClN2O. The number of carbonyl (C=O) groups excluding carboxylic acids is 1. The van der Waals surface area contributed by atoms with Crippen molar-refractivity contribution in [3.8, 4) is 0 Å². The normalized spacial score (nSPS) is 22.9. The monoisotopic (exact) mass is 294 g/mol. The quantitative estimate of drug-likeness (QED) is 0.894. The Morgan fingerprint density at radius 2 is 2.00 bits per heavy atom. The van der Waals surface area contributed by atoms with Crippen LogP contribution in [0.4, 0.5) is 0 Å². The predicted molar refractivity (Wildman–Crippen MR) is 83.2 cm³/mol. The minimum atomic E-state index is 0. The van der Waals surface area contributed by atoms with Crippen LogP contribution in [0.15, 0.2) is 24.3 Å². The molecule has 3 nitrogen and oxygen atoms in total. The molecule has 1 aromatic carbocycles. The van der Waals surface area contributed by atoms with Gasteiger partial charge in [-0.15, -0.1) is 12.4 Å². The van der Waals surface area contributed by atoms with Crippen molar-refractivity contribution in [1.29, 1.82) is 0 Å². The molecule has 0 bridgehead atoms. The van der Waals surface area contributed by atoms with E-state index in [1.165, 1.54) is 11.1 Å². The molecule has 0 spiro atoms. The number of benzene rings is 1. The van der Waals surface area contributed by atoms with Crippen molar-refractivity contribution >= 4 is 18.3 Å². The summed E-state index contributed by atoms with van der Waals surface area (Å²) in [5.74, 6) is 0.894. The van der Waals surface area contributed by atoms with Crippen molar-refractivity contribution in [3.63, 3.8) is 0 Å². The maximum absolute atomic E-state index is 12.2. The van der Waals surface area contributed by atoms with Gasteiger partial charge in [0.05, 0.1) is 0 Å². The highest BCUT2D eigenvalue weighted by Crippen LogP contribution is 2.22. The minimum absolute atomic E-state index is 0. The van der Waals surface area contributed by atoms with Crippen LogP contribution in [-0.4, -0.2) is 25.0 Å². The molecule has 3 rings (SSSR count). The number of halogens is 1. The highest BCUT2D eigenvalue weighted by Gasteiger charge is 2.30. The van der Waals surface area contributed by atoms with E-state index >= 15 is 0 Å². The lowest BCUT2D eigenvalue weighted by molar-refractivity contribution is -0.127. The first-order chi connectivity index (χ1) is 9.24. The van der Waals surface area contributed by atoms with Crippen LogP contribution in [0.2, 0.25) is 0 Å². The first kappa shape index (κ1) is 15.3. The van der Waals surface area contributed by atoms with E-state index in [2.05, 4.69) is 41.8 Å². The first-order valence-corrected chi connectivity index (χ1v) is 7.32. The van der Waals surface area contributed by atoms with Gasteiger partial charge in [0.15, 0.2) is 0 Å². The van der Waals surface area contributed by atoms with Crippen LogP contribution in [0.3, 0.4) is 0 Å². The van der Waals surface area contributed by atoms with Crippen LogP contribution in [-0.2, 0) is 17.6 Å². The van der Waals surface area contributed by atoms with Gasteiger partial charge in [0.2, 0.25) is 5.91 Å². The van der Waals surface area contributed by atoms with E-state index in [0.717, 1.165) is 32.4 Å². The van der Waals surface area contributed by atoms with E-state index in [-0.39, 0.29) is 24.2 Å². The summed E-state index contributed by atoms with van der Waals surface area (Å²) < 4.78 is 0. The number of amides is 1. The largest absolute Gasteiger partial charge is 0.353 e. The number of fused-ring (bicyclic) bond motifs is 1. The van der Waals surface area contributed by atoms with Crippen molar-refractivity contribution in [1.82, 2.24) is 10.6 Å². The van der Waals surface area contributed by atoms with E-state index < -0.39 is 0 Å². The Hall–Kier alpha value is -1.06. The molecule has 1 aliphatic heterocycles. The Balaban J connectivity index is 0.00000147. The zero-order valence-corrected chi connectivity index (χ0v) is 12.7. The van der Waals surface area contributed by atoms with Gasteiger partial charge in [-0.2, -0.15) is 0 Å². The molecule has 2 unspecified atom stereocenters. The molecule has 20 heavy (non-hydrogen) atoms. The van der Waals surface area contributed by atoms with Gasteiger partial charge in [0.25, 0.3) is 0 Å². The summed E-state index contributed by atoms with van der Waals surface area (Å²) in [5.41, 5.74) is 2.85. The van der Waals surface area contributed by atoms with Gasteiger partial charge in [-0.3, -0.25) is 4.79 Å². The predicted octanol–water partition coefficient (Wildman–Crippen LogP) is 1.94. The Bertz CT molecular complexity index is 473. The number of aryl methyl sites for hydroxylation is 1. The van der Waals surface area contributed by atoms with Gasteiger partial charge in [-0.25, -0.2) is 0 Å². The molecule has 4 heteroatoms. The molecule has 1 saturated heterocycles. The maximum Gasteiger partial charge on any atom is 0.223 e. The summed E-state index contributed by atoms with van der Waals surface area (Å²) >= 11 is 0. The summed E-state index contributed by atoms with van der Waals surface area (Å²) in [6.45, 7) is 4.03. The van der Waals surface area contributed by atoms with Crippen molar-refractivity contribution in [2.24, 2.45) is 11.8 Å². The number of nitrogens with one attached hydrogen (secondary N) is 2. The minimum Gasteiger partial charge on any atom is -0.353 e. The smallest absolute Gasteiger partial charge is 0.223 e. The maximum atomic E-state index is 12.2. The van der Waals surface area contributed by atoms with E-state index in [1.807, 2.05) is 0 Å². The molecule has 110 valence electrons. The molecule has 1 heterocycles. The highest BCUT2D eigenvalue weighted by molar-refractivity contribution is 5.85. The highest BCUT2D eigenvalue weighted by atomic mass is 35.5. The lowest BCUT2D eigenvalue weighted by Gasteiger charge is -2.33. The zero-order valence-electron chi connectivity index (χ0n) is 11.9. The van der Waals surface area contributed by atoms with E-state index in [9.17, 15) is 4.79 Å². The molecule has 1 aromatic rings. The Morgan fingerprint density at radius 3 is 2.65 bits per heavy atom. The van der Waals surface area contributed by atoms with Crippen molar-refractivity contribution in [2.45, 2.75) is 32.2 Å². The van der Waals surface area contributed by atoms with Crippen LogP contribution < -0.4 is 10.6 Å². The van der Waals surface area contributed by atoms with E-state index in [1.54, 1.807) is 0 Å². The Kier molecular flexibility index (Phi) is 5.06. The molecular weight excluding hydrogens is 272 g/mol. The van der Waals surface area contributed by atoms with Crippen LogP contribution in [0.25, 0.3) is 0 Å². The number of carbonyl (C=O) groups is 1. The van der Waals surface area contributed by atoms with Crippen molar-refractivity contribution in [2.75, 3.05) is 13.1 Å². The van der Waals surface area contributed by atoms with Gasteiger partial charge >= 0.3 is 0 Å². The van der Waals surface area contributed by atoms with Gasteiger partial charge in [-0.05, 0) is 49.4 Å². The molecule has 1 aliphatic carbocycles. The first-order valence-electron chi connectivity index (χ1n) is 7.32. The van der Waals surface area contributed by atoms with Crippen LogP contribution in [0, 0.1) is 11.8 Å². The number of hydrogen-bond acceptors (Lipinski definition) is 2. The molecule has 0 aromatic heterocycles. The van der Waals surface area contributed by atoms with Crippen LogP contribution in [0.5, 0.6) is 0 Å². The third-order valence-corrected chi connectivity index (χ3v) is 4.63. The third-order valence-electron chi connectivity index (χ3n) is 4.63. The average Bonchev–Trinajstić information content (AvgIpc) is 2.36. The Labute approximate surface area is 126 Å². The van der Waals surface area contributed by atoms with Crippen LogP contribution in [0.1, 0.15) is 24.5 Å². The standard InChI is InChI=1S/C16H22N2O.ClH/c1-11(14-9-17-10-14)16(19)18-15-7-6-12-4-2-3-5-13(12)8-15;/h2-5,11,14-15,17H,6-10H2,1H3,(H,18,19);1H. The topological polar surface area (TPSA) is 41.1 Å².